The predicted octanol–water partition coefficient (Wildman–Crippen LogP) is 3.02. The normalized spacial score (nSPS) is 27.9. The minimum atomic E-state index is 0.196. The third-order valence-corrected chi connectivity index (χ3v) is 3.97. The van der Waals surface area contributed by atoms with Crippen molar-refractivity contribution in [2.24, 2.45) is 5.92 Å². The van der Waals surface area contributed by atoms with Crippen LogP contribution in [-0.2, 0) is 4.74 Å². The van der Waals surface area contributed by atoms with Gasteiger partial charge in [-0.2, -0.15) is 0 Å². The third-order valence-electron chi connectivity index (χ3n) is 3.97. The summed E-state index contributed by atoms with van der Waals surface area (Å²) in [6, 6.07) is 0. The molecular formula is C14H23NO. The van der Waals surface area contributed by atoms with Crippen molar-refractivity contribution in [2.45, 2.75) is 44.1 Å². The van der Waals surface area contributed by atoms with E-state index in [0.717, 1.165) is 26.0 Å². The average molecular weight is 221 g/mol. The number of nitrogens with one attached hydrogen (secondary N) is 1. The summed E-state index contributed by atoms with van der Waals surface area (Å²) in [5.74, 6) is 0.590. The van der Waals surface area contributed by atoms with Gasteiger partial charge in [0.05, 0.1) is 5.60 Å². The second-order valence-corrected chi connectivity index (χ2v) is 5.12. The van der Waals surface area contributed by atoms with E-state index in [2.05, 4.69) is 18.5 Å². The Labute approximate surface area is 98.8 Å². The van der Waals surface area contributed by atoms with Gasteiger partial charge in [-0.1, -0.05) is 25.5 Å². The fraction of sp³-hybridized carbons (Fsp3) is 0.714. The predicted molar refractivity (Wildman–Crippen MR) is 67.2 cm³/mol. The number of hydrogen-bond donors (Lipinski definition) is 1. The van der Waals surface area contributed by atoms with Gasteiger partial charge < -0.3 is 10.1 Å². The molecule has 1 aliphatic carbocycles. The summed E-state index contributed by atoms with van der Waals surface area (Å²) < 4.78 is 6.02. The van der Waals surface area contributed by atoms with Gasteiger partial charge in [-0.15, -0.1) is 6.58 Å². The fourth-order valence-corrected chi connectivity index (χ4v) is 3.04. The van der Waals surface area contributed by atoms with Crippen molar-refractivity contribution in [2.75, 3.05) is 13.2 Å². The molecule has 1 N–H and O–H groups in total. The van der Waals surface area contributed by atoms with Crippen molar-refractivity contribution in [3.63, 3.8) is 0 Å². The zero-order valence-corrected chi connectivity index (χ0v) is 10.1. The Bertz CT molecular complexity index is 266. The van der Waals surface area contributed by atoms with Crippen LogP contribution in [0.5, 0.6) is 0 Å². The summed E-state index contributed by atoms with van der Waals surface area (Å²) in [7, 11) is 0. The molecule has 2 rings (SSSR count). The first-order chi connectivity index (χ1) is 7.76. The van der Waals surface area contributed by atoms with Gasteiger partial charge in [0.2, 0.25) is 0 Å². The summed E-state index contributed by atoms with van der Waals surface area (Å²) >= 11 is 0. The second kappa shape index (κ2) is 5.05. The molecule has 0 bridgehead atoms. The standard InChI is InChI=1S/C14H23NO/c1-3-9-15-12(2)13-6-10-16-14(11-13)7-4-5-8-14/h3,13,15H,1-2,4-11H2/t13-/m1/s1. The molecule has 1 saturated heterocycles. The van der Waals surface area contributed by atoms with Crippen LogP contribution >= 0.6 is 0 Å². The Hall–Kier alpha value is -0.760. The van der Waals surface area contributed by atoms with E-state index in [-0.39, 0.29) is 5.60 Å². The highest BCUT2D eigenvalue weighted by molar-refractivity contribution is 5.05. The molecule has 0 unspecified atom stereocenters. The van der Waals surface area contributed by atoms with Crippen LogP contribution in [0.1, 0.15) is 38.5 Å². The van der Waals surface area contributed by atoms with E-state index >= 15 is 0 Å². The van der Waals surface area contributed by atoms with Crippen molar-refractivity contribution in [1.29, 1.82) is 0 Å². The molecule has 0 aromatic rings. The lowest BCUT2D eigenvalue weighted by atomic mass is 9.83. The minimum absolute atomic E-state index is 0.196. The Balaban J connectivity index is 1.90. The zero-order valence-electron chi connectivity index (χ0n) is 10.1. The van der Waals surface area contributed by atoms with Gasteiger partial charge in [-0.05, 0) is 25.7 Å². The van der Waals surface area contributed by atoms with Gasteiger partial charge in [0.1, 0.15) is 0 Å². The van der Waals surface area contributed by atoms with Crippen LogP contribution in [0.15, 0.2) is 24.9 Å². The Morgan fingerprint density at radius 3 is 2.88 bits per heavy atom. The summed E-state index contributed by atoms with van der Waals surface area (Å²) in [6.45, 7) is 9.60. The maximum absolute atomic E-state index is 6.02. The smallest absolute Gasteiger partial charge is 0.0689 e. The quantitative estimate of drug-likeness (QED) is 0.737. The van der Waals surface area contributed by atoms with Crippen molar-refractivity contribution in [3.8, 4) is 0 Å². The molecule has 2 fully saturated rings. The molecule has 0 aromatic carbocycles. The van der Waals surface area contributed by atoms with Crippen molar-refractivity contribution >= 4 is 0 Å². The molecule has 16 heavy (non-hydrogen) atoms. The molecule has 0 aromatic heterocycles. The highest BCUT2D eigenvalue weighted by atomic mass is 16.5. The summed E-state index contributed by atoms with van der Waals surface area (Å²) in [5, 5.41) is 3.34. The molecule has 90 valence electrons. The molecule has 1 atom stereocenters. The molecule has 1 saturated carbocycles. The van der Waals surface area contributed by atoms with E-state index in [4.69, 9.17) is 4.74 Å². The number of allylic oxidation sites excluding steroid dienone is 1. The SMILES string of the molecule is C=CCNC(=C)[C@@H]1CCOC2(CCCC2)C1. The van der Waals surface area contributed by atoms with Gasteiger partial charge >= 0.3 is 0 Å². The largest absolute Gasteiger partial charge is 0.385 e. The lowest BCUT2D eigenvalue weighted by Gasteiger charge is -2.39. The summed E-state index contributed by atoms with van der Waals surface area (Å²) in [5.41, 5.74) is 1.37. The second-order valence-electron chi connectivity index (χ2n) is 5.12. The lowest BCUT2D eigenvalue weighted by molar-refractivity contribution is -0.0876. The van der Waals surface area contributed by atoms with E-state index in [1.807, 2.05) is 6.08 Å². The van der Waals surface area contributed by atoms with Crippen LogP contribution in [0.3, 0.4) is 0 Å². The zero-order chi connectivity index (χ0) is 11.4. The first kappa shape index (κ1) is 11.7. The van der Waals surface area contributed by atoms with Gasteiger partial charge in [0, 0.05) is 24.8 Å². The molecular weight excluding hydrogens is 198 g/mol. The molecule has 0 amide bonds. The minimum Gasteiger partial charge on any atom is -0.385 e. The highest BCUT2D eigenvalue weighted by Gasteiger charge is 2.40. The molecule has 1 aliphatic heterocycles. The first-order valence-electron chi connectivity index (χ1n) is 6.43. The van der Waals surface area contributed by atoms with E-state index in [1.54, 1.807) is 0 Å². The summed E-state index contributed by atoms with van der Waals surface area (Å²) in [4.78, 5) is 0. The lowest BCUT2D eigenvalue weighted by Crippen LogP contribution is -2.39. The average Bonchev–Trinajstić information content (AvgIpc) is 2.74. The molecule has 2 heteroatoms. The van der Waals surface area contributed by atoms with Crippen LogP contribution < -0.4 is 5.32 Å². The van der Waals surface area contributed by atoms with Crippen LogP contribution in [0.25, 0.3) is 0 Å². The fourth-order valence-electron chi connectivity index (χ4n) is 3.04. The molecule has 2 nitrogen and oxygen atoms in total. The maximum Gasteiger partial charge on any atom is 0.0689 e. The van der Waals surface area contributed by atoms with E-state index in [9.17, 15) is 0 Å². The van der Waals surface area contributed by atoms with E-state index in [1.165, 1.54) is 31.4 Å². The van der Waals surface area contributed by atoms with Crippen LogP contribution in [-0.4, -0.2) is 18.8 Å². The topological polar surface area (TPSA) is 21.3 Å². The molecule has 2 aliphatic rings. The number of rotatable bonds is 4. The summed E-state index contributed by atoms with van der Waals surface area (Å²) in [6.07, 6.45) is 9.32. The maximum atomic E-state index is 6.02. The Morgan fingerprint density at radius 1 is 1.44 bits per heavy atom. The number of ether oxygens (including phenoxy) is 1. The van der Waals surface area contributed by atoms with Crippen molar-refractivity contribution < 1.29 is 4.74 Å². The monoisotopic (exact) mass is 221 g/mol. The van der Waals surface area contributed by atoms with Crippen molar-refractivity contribution in [3.05, 3.63) is 24.9 Å². The van der Waals surface area contributed by atoms with Crippen LogP contribution in [0.4, 0.5) is 0 Å². The van der Waals surface area contributed by atoms with Gasteiger partial charge in [-0.3, -0.25) is 0 Å². The van der Waals surface area contributed by atoms with E-state index < -0.39 is 0 Å². The Kier molecular flexibility index (Phi) is 3.70. The molecule has 1 spiro atoms. The van der Waals surface area contributed by atoms with E-state index in [0.29, 0.717) is 5.92 Å². The number of hydrogen-bond acceptors (Lipinski definition) is 2. The Morgan fingerprint density at radius 2 is 2.19 bits per heavy atom. The van der Waals surface area contributed by atoms with Crippen molar-refractivity contribution in [1.82, 2.24) is 5.32 Å². The first-order valence-corrected chi connectivity index (χ1v) is 6.43. The van der Waals surface area contributed by atoms with Gasteiger partial charge in [-0.25, -0.2) is 0 Å². The van der Waals surface area contributed by atoms with Gasteiger partial charge in [0.25, 0.3) is 0 Å². The molecule has 1 heterocycles. The van der Waals surface area contributed by atoms with Gasteiger partial charge in [0.15, 0.2) is 0 Å². The third kappa shape index (κ3) is 2.49. The van der Waals surface area contributed by atoms with Crippen LogP contribution in [0.2, 0.25) is 0 Å². The van der Waals surface area contributed by atoms with Crippen LogP contribution in [0, 0.1) is 5.92 Å². The highest BCUT2D eigenvalue weighted by Crippen LogP contribution is 2.43. The molecule has 0 radical (unpaired) electrons.